The molecule has 1 aliphatic carbocycles. The van der Waals surface area contributed by atoms with E-state index in [-0.39, 0.29) is 0 Å². The molecule has 0 radical (unpaired) electrons. The fourth-order valence-corrected chi connectivity index (χ4v) is 3.17. The van der Waals surface area contributed by atoms with E-state index in [4.69, 9.17) is 6.42 Å². The van der Waals surface area contributed by atoms with E-state index in [2.05, 4.69) is 84.8 Å². The van der Waals surface area contributed by atoms with E-state index >= 15 is 0 Å². The minimum atomic E-state index is 0.901. The van der Waals surface area contributed by atoms with Gasteiger partial charge in [-0.25, -0.2) is 0 Å². The van der Waals surface area contributed by atoms with Gasteiger partial charge >= 0.3 is 0 Å². The zero-order valence-corrected chi connectivity index (χ0v) is 14.4. The van der Waals surface area contributed by atoms with Crippen molar-refractivity contribution in [2.75, 3.05) is 0 Å². The molecule has 0 heterocycles. The summed E-state index contributed by atoms with van der Waals surface area (Å²) in [5.41, 5.74) is 8.18. The van der Waals surface area contributed by atoms with Crippen LogP contribution in [0.1, 0.15) is 22.3 Å². The van der Waals surface area contributed by atoms with Crippen molar-refractivity contribution in [2.45, 2.75) is 0 Å². The van der Waals surface area contributed by atoms with Crippen molar-refractivity contribution in [1.82, 2.24) is 0 Å². The molecule has 0 saturated carbocycles. The first-order valence-corrected chi connectivity index (χ1v) is 8.66. The number of hydrogen-bond donors (Lipinski definition) is 0. The second-order valence-electron chi connectivity index (χ2n) is 6.26. The van der Waals surface area contributed by atoms with Crippen LogP contribution in [0.5, 0.6) is 0 Å². The largest absolute Gasteiger partial charge is 0.115 e. The predicted octanol–water partition coefficient (Wildman–Crippen LogP) is 6.23. The van der Waals surface area contributed by atoms with Crippen LogP contribution >= 0.6 is 0 Å². The molecule has 0 bridgehead atoms. The van der Waals surface area contributed by atoms with Gasteiger partial charge in [-0.3, -0.25) is 0 Å². The molecule has 122 valence electrons. The summed E-state index contributed by atoms with van der Waals surface area (Å²) in [5.74, 6) is 2.67. The molecule has 0 spiro atoms. The molecular formula is C26H18. The average molecular weight is 330 g/mol. The summed E-state index contributed by atoms with van der Waals surface area (Å²) in [6.45, 7) is 0. The maximum atomic E-state index is 5.46. The summed E-state index contributed by atoms with van der Waals surface area (Å²) in [6, 6.07) is 29.1. The van der Waals surface area contributed by atoms with Crippen LogP contribution in [0, 0.1) is 12.3 Å². The first-order chi connectivity index (χ1) is 12.8. The number of rotatable bonds is 3. The number of allylic oxidation sites excluding steroid dienone is 5. The van der Waals surface area contributed by atoms with E-state index in [0.29, 0.717) is 0 Å². The lowest BCUT2D eigenvalue weighted by Gasteiger charge is -2.05. The molecule has 0 fully saturated rings. The Balaban J connectivity index is 1.79. The summed E-state index contributed by atoms with van der Waals surface area (Å²) in [5, 5.41) is 0. The minimum Gasteiger partial charge on any atom is -0.115 e. The van der Waals surface area contributed by atoms with Gasteiger partial charge in [0.05, 0.1) is 0 Å². The highest BCUT2D eigenvalue weighted by Crippen LogP contribution is 2.37. The van der Waals surface area contributed by atoms with Crippen LogP contribution in [-0.4, -0.2) is 0 Å². The van der Waals surface area contributed by atoms with Crippen LogP contribution in [0.2, 0.25) is 0 Å². The molecule has 0 unspecified atom stereocenters. The molecule has 0 amide bonds. The standard InChI is InChI=1S/C26H18/c1-2-20-13-15-21(16-14-20)17-25-18-24(22-9-5-3-6-10-22)19-26(25)23-11-7-4-8-12-23/h1,3-19H/b25-17+. The lowest BCUT2D eigenvalue weighted by Crippen LogP contribution is -1.85. The third-order valence-electron chi connectivity index (χ3n) is 4.51. The Morgan fingerprint density at radius 3 is 1.88 bits per heavy atom. The highest BCUT2D eigenvalue weighted by Gasteiger charge is 2.15. The van der Waals surface area contributed by atoms with Gasteiger partial charge in [-0.05, 0) is 63.8 Å². The van der Waals surface area contributed by atoms with Gasteiger partial charge in [-0.1, -0.05) is 78.7 Å². The van der Waals surface area contributed by atoms with Gasteiger partial charge in [-0.15, -0.1) is 6.42 Å². The highest BCUT2D eigenvalue weighted by molar-refractivity contribution is 6.02. The van der Waals surface area contributed by atoms with Gasteiger partial charge in [0, 0.05) is 5.56 Å². The molecule has 0 saturated heterocycles. The fourth-order valence-electron chi connectivity index (χ4n) is 3.17. The van der Waals surface area contributed by atoms with E-state index < -0.39 is 0 Å². The van der Waals surface area contributed by atoms with Crippen LogP contribution < -0.4 is 0 Å². The Labute approximate surface area is 154 Å². The zero-order chi connectivity index (χ0) is 17.8. The number of hydrogen-bond acceptors (Lipinski definition) is 0. The molecular weight excluding hydrogens is 312 g/mol. The SMILES string of the molecule is C#Cc1ccc(/C=C2\C=C(c3ccccc3)C=C2c2ccccc2)cc1. The summed E-state index contributed by atoms with van der Waals surface area (Å²) < 4.78 is 0. The van der Waals surface area contributed by atoms with Crippen molar-refractivity contribution in [3.8, 4) is 12.3 Å². The van der Waals surface area contributed by atoms with E-state index in [1.165, 1.54) is 27.8 Å². The molecule has 0 nitrogen and oxygen atoms in total. The Morgan fingerprint density at radius 2 is 1.27 bits per heavy atom. The molecule has 4 rings (SSSR count). The first kappa shape index (κ1) is 15.9. The van der Waals surface area contributed by atoms with Crippen molar-refractivity contribution in [2.24, 2.45) is 0 Å². The van der Waals surface area contributed by atoms with Gasteiger partial charge in [0.2, 0.25) is 0 Å². The second kappa shape index (κ2) is 7.13. The Kier molecular flexibility index (Phi) is 4.37. The van der Waals surface area contributed by atoms with E-state index in [9.17, 15) is 0 Å². The van der Waals surface area contributed by atoms with Crippen molar-refractivity contribution < 1.29 is 0 Å². The van der Waals surface area contributed by atoms with Crippen molar-refractivity contribution in [1.29, 1.82) is 0 Å². The molecule has 3 aromatic carbocycles. The molecule has 0 heteroatoms. The van der Waals surface area contributed by atoms with Crippen LogP contribution in [0.4, 0.5) is 0 Å². The van der Waals surface area contributed by atoms with Crippen molar-refractivity contribution in [3.63, 3.8) is 0 Å². The third kappa shape index (κ3) is 3.29. The quantitative estimate of drug-likeness (QED) is 0.499. The lowest BCUT2D eigenvalue weighted by molar-refractivity contribution is 1.58. The Hall–Kier alpha value is -3.56. The molecule has 0 aliphatic heterocycles. The third-order valence-corrected chi connectivity index (χ3v) is 4.51. The van der Waals surface area contributed by atoms with Gasteiger partial charge in [-0.2, -0.15) is 0 Å². The Morgan fingerprint density at radius 1 is 0.654 bits per heavy atom. The smallest absolute Gasteiger partial charge is 0.0243 e. The predicted molar refractivity (Wildman–Crippen MR) is 111 cm³/mol. The maximum absolute atomic E-state index is 5.46. The van der Waals surface area contributed by atoms with Crippen LogP contribution in [0.25, 0.3) is 17.2 Å². The molecule has 0 aromatic heterocycles. The van der Waals surface area contributed by atoms with Crippen LogP contribution in [-0.2, 0) is 0 Å². The van der Waals surface area contributed by atoms with E-state index in [0.717, 1.165) is 11.1 Å². The van der Waals surface area contributed by atoms with E-state index in [1.54, 1.807) is 0 Å². The number of terminal acetylenes is 1. The molecule has 26 heavy (non-hydrogen) atoms. The maximum Gasteiger partial charge on any atom is 0.0243 e. The normalized spacial score (nSPS) is 14.7. The summed E-state index contributed by atoms with van der Waals surface area (Å²) in [6.07, 6.45) is 12.2. The monoisotopic (exact) mass is 330 g/mol. The summed E-state index contributed by atoms with van der Waals surface area (Å²) in [7, 11) is 0. The average Bonchev–Trinajstić information content (AvgIpc) is 3.14. The molecule has 3 aromatic rings. The Bertz CT molecular complexity index is 1040. The van der Waals surface area contributed by atoms with Crippen LogP contribution in [0.3, 0.4) is 0 Å². The fraction of sp³-hybridized carbons (Fsp3) is 0. The molecule has 1 aliphatic rings. The van der Waals surface area contributed by atoms with Gasteiger partial charge < -0.3 is 0 Å². The number of benzene rings is 3. The van der Waals surface area contributed by atoms with Gasteiger partial charge in [0.15, 0.2) is 0 Å². The van der Waals surface area contributed by atoms with Gasteiger partial charge in [0.25, 0.3) is 0 Å². The topological polar surface area (TPSA) is 0 Å². The lowest BCUT2D eigenvalue weighted by atomic mass is 9.98. The zero-order valence-electron chi connectivity index (χ0n) is 14.4. The van der Waals surface area contributed by atoms with Gasteiger partial charge in [0.1, 0.15) is 0 Å². The van der Waals surface area contributed by atoms with Crippen LogP contribution in [0.15, 0.2) is 103 Å². The highest BCUT2D eigenvalue weighted by atomic mass is 14.2. The van der Waals surface area contributed by atoms with Crippen molar-refractivity contribution >= 4 is 17.2 Å². The molecule has 0 N–H and O–H groups in total. The van der Waals surface area contributed by atoms with E-state index in [1.807, 2.05) is 24.3 Å². The second-order valence-corrected chi connectivity index (χ2v) is 6.26. The summed E-state index contributed by atoms with van der Waals surface area (Å²) >= 11 is 0. The molecule has 0 atom stereocenters. The van der Waals surface area contributed by atoms with Crippen molar-refractivity contribution in [3.05, 3.63) is 125 Å². The minimum absolute atomic E-state index is 0.901. The first-order valence-electron chi connectivity index (χ1n) is 8.66. The summed E-state index contributed by atoms with van der Waals surface area (Å²) in [4.78, 5) is 0.